The molecule has 92 valence electrons. The summed E-state index contributed by atoms with van der Waals surface area (Å²) in [5.74, 6) is 0. The SMILES string of the molecule is CC(N)C(c1cccs1)n1cnc2ccccc21. The lowest BCUT2D eigenvalue weighted by Crippen LogP contribution is -2.29. The lowest BCUT2D eigenvalue weighted by molar-refractivity contribution is 0.514. The molecule has 3 rings (SSSR count). The molecule has 0 aliphatic rings. The number of benzene rings is 1. The van der Waals surface area contributed by atoms with Gasteiger partial charge >= 0.3 is 0 Å². The summed E-state index contributed by atoms with van der Waals surface area (Å²) in [5.41, 5.74) is 8.31. The van der Waals surface area contributed by atoms with Gasteiger partial charge in [0.25, 0.3) is 0 Å². The van der Waals surface area contributed by atoms with Gasteiger partial charge in [-0.25, -0.2) is 4.98 Å². The Morgan fingerprint density at radius 1 is 1.22 bits per heavy atom. The van der Waals surface area contributed by atoms with Gasteiger partial charge < -0.3 is 10.3 Å². The second kappa shape index (κ2) is 4.55. The minimum absolute atomic E-state index is 0.0428. The third-order valence-corrected chi connectivity index (χ3v) is 4.06. The topological polar surface area (TPSA) is 43.8 Å². The fraction of sp³-hybridized carbons (Fsp3) is 0.214. The van der Waals surface area contributed by atoms with Crippen LogP contribution in [0.4, 0.5) is 0 Å². The van der Waals surface area contributed by atoms with Gasteiger partial charge in [-0.15, -0.1) is 11.3 Å². The van der Waals surface area contributed by atoms with Crippen molar-refractivity contribution in [2.45, 2.75) is 19.0 Å². The summed E-state index contributed by atoms with van der Waals surface area (Å²) in [6, 6.07) is 12.5. The molecule has 1 aromatic carbocycles. The van der Waals surface area contributed by atoms with Crippen molar-refractivity contribution in [1.29, 1.82) is 0 Å². The van der Waals surface area contributed by atoms with Gasteiger partial charge in [0.15, 0.2) is 0 Å². The van der Waals surface area contributed by atoms with Crippen molar-refractivity contribution in [3.05, 3.63) is 53.0 Å². The normalized spacial score (nSPS) is 14.8. The molecule has 0 fully saturated rings. The Labute approximate surface area is 110 Å². The zero-order valence-electron chi connectivity index (χ0n) is 10.2. The van der Waals surface area contributed by atoms with Crippen LogP contribution in [0.1, 0.15) is 17.8 Å². The monoisotopic (exact) mass is 257 g/mol. The molecule has 2 unspecified atom stereocenters. The molecule has 2 atom stereocenters. The van der Waals surface area contributed by atoms with E-state index in [0.29, 0.717) is 0 Å². The Balaban J connectivity index is 2.16. The van der Waals surface area contributed by atoms with E-state index in [0.717, 1.165) is 11.0 Å². The number of nitrogens with two attached hydrogens (primary N) is 1. The summed E-state index contributed by atoms with van der Waals surface area (Å²) in [6.45, 7) is 2.04. The first kappa shape index (κ1) is 11.4. The molecule has 18 heavy (non-hydrogen) atoms. The van der Waals surface area contributed by atoms with Crippen molar-refractivity contribution in [3.63, 3.8) is 0 Å². The Morgan fingerprint density at radius 2 is 2.06 bits per heavy atom. The Kier molecular flexibility index (Phi) is 2.89. The van der Waals surface area contributed by atoms with Gasteiger partial charge in [0.2, 0.25) is 0 Å². The zero-order chi connectivity index (χ0) is 12.5. The lowest BCUT2D eigenvalue weighted by Gasteiger charge is -2.22. The molecule has 0 saturated heterocycles. The van der Waals surface area contributed by atoms with E-state index in [1.54, 1.807) is 11.3 Å². The third-order valence-electron chi connectivity index (χ3n) is 3.11. The molecule has 0 amide bonds. The minimum Gasteiger partial charge on any atom is -0.326 e. The molecule has 4 heteroatoms. The van der Waals surface area contributed by atoms with E-state index in [2.05, 4.69) is 33.1 Å². The van der Waals surface area contributed by atoms with Crippen LogP contribution >= 0.6 is 11.3 Å². The van der Waals surface area contributed by atoms with Gasteiger partial charge in [0, 0.05) is 10.9 Å². The van der Waals surface area contributed by atoms with E-state index in [4.69, 9.17) is 5.73 Å². The second-order valence-electron chi connectivity index (χ2n) is 4.46. The van der Waals surface area contributed by atoms with E-state index in [1.807, 2.05) is 31.5 Å². The molecule has 0 aliphatic carbocycles. The Hall–Kier alpha value is -1.65. The van der Waals surface area contributed by atoms with Gasteiger partial charge in [0.1, 0.15) is 0 Å². The maximum absolute atomic E-state index is 6.17. The number of thiophene rings is 1. The fourth-order valence-corrected chi connectivity index (χ4v) is 3.25. The summed E-state index contributed by atoms with van der Waals surface area (Å²) in [7, 11) is 0. The number of hydrogen-bond acceptors (Lipinski definition) is 3. The van der Waals surface area contributed by atoms with E-state index in [9.17, 15) is 0 Å². The van der Waals surface area contributed by atoms with Gasteiger partial charge in [0.05, 0.1) is 23.4 Å². The smallest absolute Gasteiger partial charge is 0.0964 e. The first-order chi connectivity index (χ1) is 8.77. The quantitative estimate of drug-likeness (QED) is 0.783. The van der Waals surface area contributed by atoms with Crippen molar-refractivity contribution in [2.24, 2.45) is 5.73 Å². The van der Waals surface area contributed by atoms with Crippen LogP contribution in [0.5, 0.6) is 0 Å². The first-order valence-corrected chi connectivity index (χ1v) is 6.86. The zero-order valence-corrected chi connectivity index (χ0v) is 11.0. The largest absolute Gasteiger partial charge is 0.326 e. The highest BCUT2D eigenvalue weighted by atomic mass is 32.1. The number of rotatable bonds is 3. The molecule has 3 aromatic rings. The minimum atomic E-state index is 0.0428. The standard InChI is InChI=1S/C14H15N3S/c1-10(15)14(13-7-4-8-18-13)17-9-16-11-5-2-3-6-12(11)17/h2-10,14H,15H2,1H3. The molecule has 2 N–H and O–H groups in total. The van der Waals surface area contributed by atoms with Gasteiger partial charge in [-0.3, -0.25) is 0 Å². The summed E-state index contributed by atoms with van der Waals surface area (Å²) in [6.07, 6.45) is 1.89. The number of nitrogens with zero attached hydrogens (tertiary/aromatic N) is 2. The summed E-state index contributed by atoms with van der Waals surface area (Å²) >= 11 is 1.74. The van der Waals surface area contributed by atoms with Crippen LogP contribution in [0.2, 0.25) is 0 Å². The molecule has 3 nitrogen and oxygen atoms in total. The highest BCUT2D eigenvalue weighted by molar-refractivity contribution is 7.10. The average Bonchev–Trinajstić information content (AvgIpc) is 3.00. The van der Waals surface area contributed by atoms with Crippen LogP contribution in [0, 0.1) is 0 Å². The molecule has 0 spiro atoms. The number of aromatic nitrogens is 2. The van der Waals surface area contributed by atoms with Crippen molar-refractivity contribution in [3.8, 4) is 0 Å². The number of imidazole rings is 1. The van der Waals surface area contributed by atoms with E-state index >= 15 is 0 Å². The maximum atomic E-state index is 6.17. The molecule has 0 aliphatic heterocycles. The predicted octanol–water partition coefficient (Wildman–Crippen LogP) is 3.03. The summed E-state index contributed by atoms with van der Waals surface area (Å²) in [4.78, 5) is 5.72. The van der Waals surface area contributed by atoms with Crippen LogP contribution in [-0.4, -0.2) is 15.6 Å². The molecular weight excluding hydrogens is 242 g/mol. The number of fused-ring (bicyclic) bond motifs is 1. The van der Waals surface area contributed by atoms with Crippen molar-refractivity contribution < 1.29 is 0 Å². The Morgan fingerprint density at radius 3 is 2.78 bits per heavy atom. The second-order valence-corrected chi connectivity index (χ2v) is 5.44. The molecule has 0 radical (unpaired) electrons. The fourth-order valence-electron chi connectivity index (χ4n) is 2.31. The van der Waals surface area contributed by atoms with Crippen molar-refractivity contribution in [2.75, 3.05) is 0 Å². The molecule has 2 heterocycles. The van der Waals surface area contributed by atoms with Crippen LogP contribution in [0.15, 0.2) is 48.1 Å². The van der Waals surface area contributed by atoms with E-state index < -0.39 is 0 Å². The van der Waals surface area contributed by atoms with E-state index in [1.165, 1.54) is 4.88 Å². The van der Waals surface area contributed by atoms with Gasteiger partial charge in [-0.2, -0.15) is 0 Å². The van der Waals surface area contributed by atoms with E-state index in [-0.39, 0.29) is 12.1 Å². The molecule has 0 saturated carbocycles. The van der Waals surface area contributed by atoms with Crippen LogP contribution < -0.4 is 5.73 Å². The predicted molar refractivity (Wildman–Crippen MR) is 75.8 cm³/mol. The number of para-hydroxylation sites is 2. The van der Waals surface area contributed by atoms with Crippen LogP contribution in [0.25, 0.3) is 11.0 Å². The van der Waals surface area contributed by atoms with Crippen molar-refractivity contribution >= 4 is 22.4 Å². The first-order valence-electron chi connectivity index (χ1n) is 5.98. The van der Waals surface area contributed by atoms with Gasteiger partial charge in [-0.1, -0.05) is 18.2 Å². The Bertz CT molecular complexity index is 640. The average molecular weight is 257 g/mol. The molecule has 0 bridgehead atoms. The lowest BCUT2D eigenvalue weighted by atomic mass is 10.1. The van der Waals surface area contributed by atoms with Gasteiger partial charge in [-0.05, 0) is 30.5 Å². The maximum Gasteiger partial charge on any atom is 0.0964 e. The van der Waals surface area contributed by atoms with Crippen LogP contribution in [-0.2, 0) is 0 Å². The van der Waals surface area contributed by atoms with Crippen molar-refractivity contribution in [1.82, 2.24) is 9.55 Å². The summed E-state index contributed by atoms with van der Waals surface area (Å²) < 4.78 is 2.17. The molecular formula is C14H15N3S. The highest BCUT2D eigenvalue weighted by Crippen LogP contribution is 2.28. The number of hydrogen-bond donors (Lipinski definition) is 1. The highest BCUT2D eigenvalue weighted by Gasteiger charge is 2.20. The summed E-state index contributed by atoms with van der Waals surface area (Å²) in [5, 5.41) is 2.09. The third kappa shape index (κ3) is 1.83. The van der Waals surface area contributed by atoms with Crippen LogP contribution in [0.3, 0.4) is 0 Å². The molecule has 2 aromatic heterocycles.